The van der Waals surface area contributed by atoms with E-state index in [1.54, 1.807) is 0 Å². The number of rotatable bonds is 8. The molecule has 0 bridgehead atoms. The molecule has 6 nitrogen and oxygen atoms in total. The summed E-state index contributed by atoms with van der Waals surface area (Å²) in [6.07, 6.45) is 3.75. The van der Waals surface area contributed by atoms with Crippen molar-refractivity contribution in [2.45, 2.75) is 38.5 Å². The van der Waals surface area contributed by atoms with Crippen LogP contribution in [0.25, 0.3) is 86.2 Å². The number of aryl methyl sites for hydroxylation is 2. The smallest absolute Gasteiger partial charge is 0.305 e. The molecule has 0 radical (unpaired) electrons. The minimum absolute atomic E-state index is 0.155. The van der Waals surface area contributed by atoms with Crippen molar-refractivity contribution >= 4 is 130 Å². The van der Waals surface area contributed by atoms with E-state index < -0.39 is 0 Å². The molecule has 10 aromatic carbocycles. The van der Waals surface area contributed by atoms with Crippen LogP contribution >= 0.6 is 31.9 Å². The van der Waals surface area contributed by atoms with Gasteiger partial charge in [-0.15, -0.1) is 0 Å². The fraction of sp³-hybridized carbons (Fsp3) is 0.154. The summed E-state index contributed by atoms with van der Waals surface area (Å²) in [6.45, 7) is 0. The predicted molar refractivity (Wildman–Crippen MR) is 250 cm³/mol. The third-order valence-electron chi connectivity index (χ3n) is 12.0. The third kappa shape index (κ3) is 6.43. The first kappa shape index (κ1) is 39.2. The first-order chi connectivity index (χ1) is 29.3. The lowest BCUT2D eigenvalue weighted by molar-refractivity contribution is -0.141. The van der Waals surface area contributed by atoms with Crippen LogP contribution in [0.15, 0.2) is 118 Å². The SMILES string of the molecule is COC(=O)CCCc1ccc2c3cccc4c(Br)ccc(c5ccc(Br)c1c52)c43.COC(=O)CCCc1ccc2c3cccc4c(C#N)ccc(c5ccc(C#N)c1c52)c43. The number of nitriles is 2. The van der Waals surface area contributed by atoms with Crippen LogP contribution in [0.2, 0.25) is 0 Å². The Bertz CT molecular complexity index is 3410. The van der Waals surface area contributed by atoms with E-state index in [9.17, 15) is 20.1 Å². The lowest BCUT2D eigenvalue weighted by atomic mass is 9.85. The molecule has 10 aromatic rings. The normalized spacial score (nSPS) is 11.5. The second kappa shape index (κ2) is 16.0. The van der Waals surface area contributed by atoms with E-state index in [0.717, 1.165) is 70.4 Å². The van der Waals surface area contributed by atoms with E-state index in [2.05, 4.69) is 117 Å². The van der Waals surface area contributed by atoms with Crippen LogP contribution in [0.4, 0.5) is 0 Å². The molecule has 60 heavy (non-hydrogen) atoms. The van der Waals surface area contributed by atoms with E-state index in [1.807, 2.05) is 36.4 Å². The summed E-state index contributed by atoms with van der Waals surface area (Å²) in [5, 5.41) is 37.9. The molecule has 0 aliphatic rings. The maximum absolute atomic E-state index is 11.6. The first-order valence-corrected chi connectivity index (χ1v) is 21.4. The van der Waals surface area contributed by atoms with Crippen molar-refractivity contribution in [2.75, 3.05) is 14.2 Å². The highest BCUT2D eigenvalue weighted by Gasteiger charge is 2.20. The van der Waals surface area contributed by atoms with Crippen molar-refractivity contribution in [3.8, 4) is 12.1 Å². The number of esters is 2. The van der Waals surface area contributed by atoms with Crippen molar-refractivity contribution in [3.05, 3.63) is 140 Å². The molecule has 0 saturated heterocycles. The number of fused-ring (bicyclic) bond motifs is 4. The molecule has 0 N–H and O–H groups in total. The highest BCUT2D eigenvalue weighted by molar-refractivity contribution is 9.11. The van der Waals surface area contributed by atoms with Crippen LogP contribution in [0.5, 0.6) is 0 Å². The molecule has 10 rings (SSSR count). The van der Waals surface area contributed by atoms with Crippen LogP contribution < -0.4 is 0 Å². The summed E-state index contributed by atoms with van der Waals surface area (Å²) in [4.78, 5) is 23.1. The molecule has 0 aliphatic heterocycles. The Kier molecular flexibility index (Phi) is 10.5. The van der Waals surface area contributed by atoms with Gasteiger partial charge in [-0.1, -0.05) is 117 Å². The molecule has 0 aliphatic carbocycles. The van der Waals surface area contributed by atoms with Gasteiger partial charge in [0.05, 0.1) is 37.5 Å². The lowest BCUT2D eigenvalue weighted by Gasteiger charge is -2.18. The van der Waals surface area contributed by atoms with Gasteiger partial charge in [0, 0.05) is 37.9 Å². The van der Waals surface area contributed by atoms with Gasteiger partial charge < -0.3 is 9.47 Å². The summed E-state index contributed by atoms with van der Waals surface area (Å²) in [5.74, 6) is -0.380. The van der Waals surface area contributed by atoms with Crippen molar-refractivity contribution < 1.29 is 19.1 Å². The summed E-state index contributed by atoms with van der Waals surface area (Å²) in [5.41, 5.74) is 3.62. The van der Waals surface area contributed by atoms with E-state index in [-0.39, 0.29) is 11.9 Å². The Morgan fingerprint density at radius 1 is 0.450 bits per heavy atom. The fourth-order valence-electron chi connectivity index (χ4n) is 9.32. The minimum atomic E-state index is -0.225. The zero-order chi connectivity index (χ0) is 41.7. The largest absolute Gasteiger partial charge is 0.469 e. The monoisotopic (exact) mass is 910 g/mol. The molecular formula is C52H36Br2N2O4. The molecule has 292 valence electrons. The van der Waals surface area contributed by atoms with Gasteiger partial charge in [0.25, 0.3) is 0 Å². The van der Waals surface area contributed by atoms with Crippen LogP contribution in [-0.4, -0.2) is 26.2 Å². The number of nitrogens with zero attached hydrogens (tertiary/aromatic N) is 2. The average molecular weight is 913 g/mol. The molecule has 0 atom stereocenters. The Morgan fingerprint density at radius 3 is 1.40 bits per heavy atom. The summed E-state index contributed by atoms with van der Waals surface area (Å²) in [7, 11) is 2.84. The Hall–Kier alpha value is -6.32. The second-order valence-electron chi connectivity index (χ2n) is 15.1. The molecule has 0 heterocycles. The topological polar surface area (TPSA) is 100 Å². The molecule has 0 unspecified atom stereocenters. The summed E-state index contributed by atoms with van der Waals surface area (Å²) in [6, 6.07) is 42.4. The molecule has 0 amide bonds. The van der Waals surface area contributed by atoms with Gasteiger partial charge in [-0.25, -0.2) is 0 Å². The standard InChI is InChI=1S/C27H18N2O2.C25H18Br2O2/c1-31-24(30)7-2-4-16-8-11-22-20-6-3-5-19-17(14-28)9-12-21(26(19)20)23-13-10-18(15-29)25(16)27(22)23;1-29-22(28)7-2-4-14-8-9-17-15-5-3-6-19-20(26)12-10-16(24(15)19)18-11-13-21(27)23(14)25(17)18/h3,5-6,8-13H,2,4,7H2,1H3;3,5-6,8-13H,2,4,7H2,1H3. The third-order valence-corrected chi connectivity index (χ3v) is 13.3. The fourth-order valence-corrected chi connectivity index (χ4v) is 10.4. The highest BCUT2D eigenvalue weighted by Crippen LogP contribution is 2.46. The number of methoxy groups -OCH3 is 2. The van der Waals surface area contributed by atoms with Crippen molar-refractivity contribution in [2.24, 2.45) is 0 Å². The van der Waals surface area contributed by atoms with Crippen molar-refractivity contribution in [1.82, 2.24) is 0 Å². The van der Waals surface area contributed by atoms with Gasteiger partial charge in [0.15, 0.2) is 0 Å². The zero-order valence-corrected chi connectivity index (χ0v) is 36.1. The maximum Gasteiger partial charge on any atom is 0.305 e. The zero-order valence-electron chi connectivity index (χ0n) is 32.9. The van der Waals surface area contributed by atoms with Gasteiger partial charge in [-0.2, -0.15) is 10.5 Å². The van der Waals surface area contributed by atoms with Crippen LogP contribution in [-0.2, 0) is 31.9 Å². The Labute approximate surface area is 362 Å². The quantitative estimate of drug-likeness (QED) is 0.0855. The number of hydrogen-bond donors (Lipinski definition) is 0. The first-order valence-electron chi connectivity index (χ1n) is 19.8. The number of ether oxygens (including phenoxy) is 2. The number of carbonyl (C=O) groups excluding carboxylic acids is 2. The summed E-state index contributed by atoms with van der Waals surface area (Å²) < 4.78 is 11.8. The van der Waals surface area contributed by atoms with E-state index in [0.29, 0.717) is 36.8 Å². The number of benzene rings is 10. The van der Waals surface area contributed by atoms with Crippen LogP contribution in [0.3, 0.4) is 0 Å². The molecule has 8 heteroatoms. The van der Waals surface area contributed by atoms with Crippen molar-refractivity contribution in [1.29, 1.82) is 10.5 Å². The average Bonchev–Trinajstić information content (AvgIpc) is 3.28. The second-order valence-corrected chi connectivity index (χ2v) is 16.8. The number of carbonyl (C=O) groups is 2. The summed E-state index contributed by atoms with van der Waals surface area (Å²) >= 11 is 7.51. The molecule has 0 saturated carbocycles. The minimum Gasteiger partial charge on any atom is -0.469 e. The number of halogens is 2. The van der Waals surface area contributed by atoms with Crippen LogP contribution in [0, 0.1) is 22.7 Å². The molecule has 0 fully saturated rings. The molecular weight excluding hydrogens is 876 g/mol. The highest BCUT2D eigenvalue weighted by atomic mass is 79.9. The van der Waals surface area contributed by atoms with E-state index in [1.165, 1.54) is 62.9 Å². The Morgan fingerprint density at radius 2 is 0.850 bits per heavy atom. The van der Waals surface area contributed by atoms with Crippen molar-refractivity contribution in [3.63, 3.8) is 0 Å². The van der Waals surface area contributed by atoms with Gasteiger partial charge in [0.2, 0.25) is 0 Å². The van der Waals surface area contributed by atoms with Gasteiger partial charge in [0.1, 0.15) is 0 Å². The van der Waals surface area contributed by atoms with Crippen LogP contribution in [0.1, 0.15) is 47.9 Å². The molecule has 0 aromatic heterocycles. The van der Waals surface area contributed by atoms with E-state index >= 15 is 0 Å². The van der Waals surface area contributed by atoms with Gasteiger partial charge >= 0.3 is 11.9 Å². The molecule has 0 spiro atoms. The lowest BCUT2D eigenvalue weighted by Crippen LogP contribution is -2.01. The maximum atomic E-state index is 11.6. The van der Waals surface area contributed by atoms with E-state index in [4.69, 9.17) is 9.47 Å². The predicted octanol–water partition coefficient (Wildman–Crippen LogP) is 13.7. The van der Waals surface area contributed by atoms with Gasteiger partial charge in [-0.05, 0) is 131 Å². The Balaban J connectivity index is 0.000000154. The van der Waals surface area contributed by atoms with Gasteiger partial charge in [-0.3, -0.25) is 9.59 Å². The number of hydrogen-bond acceptors (Lipinski definition) is 6.